The van der Waals surface area contributed by atoms with Gasteiger partial charge in [0, 0.05) is 25.2 Å². The van der Waals surface area contributed by atoms with Crippen molar-refractivity contribution in [2.75, 3.05) is 13.1 Å². The van der Waals surface area contributed by atoms with E-state index in [0.717, 1.165) is 41.0 Å². The molecule has 3 N–H and O–H groups in total. The van der Waals surface area contributed by atoms with Crippen molar-refractivity contribution in [3.8, 4) is 22.6 Å². The first-order chi connectivity index (χ1) is 16.5. The first-order valence-corrected chi connectivity index (χ1v) is 11.4. The Balaban J connectivity index is 1.36. The summed E-state index contributed by atoms with van der Waals surface area (Å²) in [6, 6.07) is 24.9. The lowest BCUT2D eigenvalue weighted by molar-refractivity contribution is -0.152. The number of aliphatic hydroxyl groups is 2. The number of amides is 2. The molecule has 0 saturated carbocycles. The highest BCUT2D eigenvalue weighted by Crippen LogP contribution is 2.33. The number of nitrogens with zero attached hydrogens (tertiary/aromatic N) is 1. The van der Waals surface area contributed by atoms with Gasteiger partial charge in [-0.3, -0.25) is 9.59 Å². The molecule has 0 bridgehead atoms. The molecule has 1 heterocycles. The molecule has 0 spiro atoms. The van der Waals surface area contributed by atoms with Crippen LogP contribution in [0.4, 0.5) is 0 Å². The van der Waals surface area contributed by atoms with Crippen LogP contribution < -0.4 is 10.1 Å². The minimum absolute atomic E-state index is 0.156. The molecule has 34 heavy (non-hydrogen) atoms. The zero-order chi connectivity index (χ0) is 23.9. The van der Waals surface area contributed by atoms with E-state index >= 15 is 0 Å². The van der Waals surface area contributed by atoms with Gasteiger partial charge in [-0.15, -0.1) is 0 Å². The number of nitrogens with one attached hydrogen (secondary N) is 1. The molecule has 2 amide bonds. The topological polar surface area (TPSA) is 99.1 Å². The Hall–Kier alpha value is -3.68. The molecule has 2 atom stereocenters. The van der Waals surface area contributed by atoms with Gasteiger partial charge in [-0.05, 0) is 42.2 Å². The average Bonchev–Trinajstić information content (AvgIpc) is 3.42. The Kier molecular flexibility index (Phi) is 7.57. The molecule has 1 aliphatic heterocycles. The number of hydrogen-bond donors (Lipinski definition) is 3. The molecule has 176 valence electrons. The zero-order valence-corrected chi connectivity index (χ0v) is 18.8. The van der Waals surface area contributed by atoms with Crippen molar-refractivity contribution in [3.05, 3.63) is 84.4 Å². The van der Waals surface area contributed by atoms with Crippen LogP contribution in [-0.4, -0.2) is 52.2 Å². The Morgan fingerprint density at radius 3 is 2.21 bits per heavy atom. The predicted molar refractivity (Wildman–Crippen MR) is 128 cm³/mol. The van der Waals surface area contributed by atoms with E-state index in [0.29, 0.717) is 13.1 Å². The Morgan fingerprint density at radius 1 is 0.853 bits per heavy atom. The van der Waals surface area contributed by atoms with Gasteiger partial charge >= 0.3 is 0 Å². The normalized spacial score (nSPS) is 14.9. The molecule has 3 aromatic rings. The third-order valence-electron chi connectivity index (χ3n) is 5.83. The van der Waals surface area contributed by atoms with Crippen molar-refractivity contribution < 1.29 is 24.5 Å². The fraction of sp³-hybridized carbons (Fsp3) is 0.259. The maximum atomic E-state index is 12.3. The summed E-state index contributed by atoms with van der Waals surface area (Å²) in [4.78, 5) is 26.0. The lowest BCUT2D eigenvalue weighted by Crippen LogP contribution is -2.50. The summed E-state index contributed by atoms with van der Waals surface area (Å²) in [5.41, 5.74) is 2.69. The maximum Gasteiger partial charge on any atom is 0.254 e. The summed E-state index contributed by atoms with van der Waals surface area (Å²) in [6.45, 7) is 1.23. The van der Waals surface area contributed by atoms with Crippen LogP contribution in [0.15, 0.2) is 78.9 Å². The summed E-state index contributed by atoms with van der Waals surface area (Å²) in [7, 11) is 0. The van der Waals surface area contributed by atoms with Crippen LogP contribution in [-0.2, 0) is 16.1 Å². The third-order valence-corrected chi connectivity index (χ3v) is 5.83. The first-order valence-electron chi connectivity index (χ1n) is 11.4. The second kappa shape index (κ2) is 11.0. The van der Waals surface area contributed by atoms with Crippen molar-refractivity contribution in [2.45, 2.75) is 31.6 Å². The molecule has 7 heteroatoms. The Labute approximate surface area is 198 Å². The van der Waals surface area contributed by atoms with Gasteiger partial charge in [0.25, 0.3) is 11.8 Å². The smallest absolute Gasteiger partial charge is 0.254 e. The number of para-hydroxylation sites is 2. The van der Waals surface area contributed by atoms with Crippen molar-refractivity contribution in [3.63, 3.8) is 0 Å². The van der Waals surface area contributed by atoms with E-state index in [-0.39, 0.29) is 6.54 Å². The van der Waals surface area contributed by atoms with Crippen LogP contribution in [0, 0.1) is 0 Å². The van der Waals surface area contributed by atoms with Crippen LogP contribution >= 0.6 is 0 Å². The van der Waals surface area contributed by atoms with E-state index < -0.39 is 24.0 Å². The molecular formula is C27H28N2O5. The van der Waals surface area contributed by atoms with Crippen LogP contribution in [0.5, 0.6) is 11.5 Å². The summed E-state index contributed by atoms with van der Waals surface area (Å²) < 4.78 is 6.04. The van der Waals surface area contributed by atoms with Gasteiger partial charge in [0.15, 0.2) is 12.2 Å². The quantitative estimate of drug-likeness (QED) is 0.480. The third kappa shape index (κ3) is 5.62. The minimum atomic E-state index is -1.81. The lowest BCUT2D eigenvalue weighted by Gasteiger charge is -2.22. The number of likely N-dealkylation sites (tertiary alicyclic amines) is 1. The van der Waals surface area contributed by atoms with Crippen LogP contribution in [0.25, 0.3) is 11.1 Å². The summed E-state index contributed by atoms with van der Waals surface area (Å²) in [5, 5.41) is 22.8. The Bertz CT molecular complexity index is 1110. The van der Waals surface area contributed by atoms with Crippen LogP contribution in [0.3, 0.4) is 0 Å². The Morgan fingerprint density at radius 2 is 1.50 bits per heavy atom. The second-order valence-electron chi connectivity index (χ2n) is 8.25. The van der Waals surface area contributed by atoms with Gasteiger partial charge < -0.3 is 25.2 Å². The number of ether oxygens (including phenoxy) is 1. The molecule has 1 fully saturated rings. The van der Waals surface area contributed by atoms with Crippen molar-refractivity contribution in [1.29, 1.82) is 0 Å². The molecule has 7 nitrogen and oxygen atoms in total. The van der Waals surface area contributed by atoms with E-state index in [1.54, 1.807) is 0 Å². The lowest BCUT2D eigenvalue weighted by atomic mass is 10.0. The number of aliphatic hydroxyl groups excluding tert-OH is 2. The molecule has 0 radical (unpaired) electrons. The highest BCUT2D eigenvalue weighted by atomic mass is 16.5. The van der Waals surface area contributed by atoms with E-state index in [1.807, 2.05) is 78.9 Å². The van der Waals surface area contributed by atoms with Crippen molar-refractivity contribution in [1.82, 2.24) is 10.2 Å². The zero-order valence-electron chi connectivity index (χ0n) is 18.8. The second-order valence-corrected chi connectivity index (χ2v) is 8.25. The molecule has 1 saturated heterocycles. The van der Waals surface area contributed by atoms with Crippen LogP contribution in [0.1, 0.15) is 18.4 Å². The van der Waals surface area contributed by atoms with Crippen molar-refractivity contribution >= 4 is 11.8 Å². The fourth-order valence-corrected chi connectivity index (χ4v) is 3.91. The van der Waals surface area contributed by atoms with E-state index in [1.165, 1.54) is 4.90 Å². The monoisotopic (exact) mass is 460 g/mol. The van der Waals surface area contributed by atoms with Gasteiger partial charge in [-0.1, -0.05) is 60.7 Å². The summed E-state index contributed by atoms with van der Waals surface area (Å²) in [5.74, 6) is 0.0828. The molecule has 0 aliphatic carbocycles. The van der Waals surface area contributed by atoms with Gasteiger partial charge in [0.2, 0.25) is 0 Å². The molecule has 0 unspecified atom stereocenters. The van der Waals surface area contributed by atoms with Crippen LogP contribution in [0.2, 0.25) is 0 Å². The van der Waals surface area contributed by atoms with Gasteiger partial charge in [-0.25, -0.2) is 0 Å². The van der Waals surface area contributed by atoms with E-state index in [4.69, 9.17) is 4.74 Å². The van der Waals surface area contributed by atoms with Gasteiger partial charge in [-0.2, -0.15) is 0 Å². The summed E-state index contributed by atoms with van der Waals surface area (Å²) >= 11 is 0. The number of carbonyl (C=O) groups excluding carboxylic acids is 2. The molecule has 4 rings (SSSR count). The molecule has 3 aromatic carbocycles. The highest BCUT2D eigenvalue weighted by Gasteiger charge is 2.34. The fourth-order valence-electron chi connectivity index (χ4n) is 3.91. The standard InChI is InChI=1S/C27H28N2O5/c30-24(25(31)27(33)29-16-6-7-17-29)26(32)28-18-19-12-14-20(15-13-19)22-10-4-5-11-23(22)34-21-8-2-1-3-9-21/h1-5,8-15,24-25,30-31H,6-7,16-18H2,(H,28,32)/t24-,25-/m1/s1. The first kappa shape index (κ1) is 23.5. The van der Waals surface area contributed by atoms with Gasteiger partial charge in [0.05, 0.1) is 0 Å². The molecular weight excluding hydrogens is 432 g/mol. The number of benzene rings is 3. The number of rotatable bonds is 8. The van der Waals surface area contributed by atoms with Crippen molar-refractivity contribution in [2.24, 2.45) is 0 Å². The number of hydrogen-bond acceptors (Lipinski definition) is 5. The molecule has 1 aliphatic rings. The summed E-state index contributed by atoms with van der Waals surface area (Å²) in [6.07, 6.45) is -1.85. The largest absolute Gasteiger partial charge is 0.457 e. The predicted octanol–water partition coefficient (Wildman–Crippen LogP) is 3.11. The average molecular weight is 461 g/mol. The minimum Gasteiger partial charge on any atom is -0.457 e. The SMILES string of the molecule is O=C(NCc1ccc(-c2ccccc2Oc2ccccc2)cc1)[C@H](O)[C@@H](O)C(=O)N1CCCC1. The highest BCUT2D eigenvalue weighted by molar-refractivity contribution is 5.90. The maximum absolute atomic E-state index is 12.3. The van der Waals surface area contributed by atoms with E-state index in [9.17, 15) is 19.8 Å². The van der Waals surface area contributed by atoms with E-state index in [2.05, 4.69) is 5.32 Å². The molecule has 0 aromatic heterocycles. The number of carbonyl (C=O) groups is 2. The van der Waals surface area contributed by atoms with Gasteiger partial charge in [0.1, 0.15) is 11.5 Å².